The third-order valence-corrected chi connectivity index (χ3v) is 3.20. The van der Waals surface area contributed by atoms with Gasteiger partial charge in [0.15, 0.2) is 0 Å². The summed E-state index contributed by atoms with van der Waals surface area (Å²) >= 11 is 1.09. The molecule has 0 aliphatic heterocycles. The Hall–Kier alpha value is -0.750. The normalized spacial score (nSPS) is 12.1. The lowest BCUT2D eigenvalue weighted by atomic mass is 10.0. The van der Waals surface area contributed by atoms with Crippen LogP contribution in [-0.2, 0) is 9.59 Å². The van der Waals surface area contributed by atoms with Gasteiger partial charge in [0, 0.05) is 13.2 Å². The summed E-state index contributed by atoms with van der Waals surface area (Å²) in [5, 5.41) is 20.0. The van der Waals surface area contributed by atoms with E-state index in [4.69, 9.17) is 10.2 Å². The molecular weight excluding hydrogens is 242 g/mol. The van der Waals surface area contributed by atoms with E-state index >= 15 is 0 Å². The van der Waals surface area contributed by atoms with E-state index in [0.29, 0.717) is 18.9 Å². The molecule has 0 aromatic rings. The van der Waals surface area contributed by atoms with Crippen LogP contribution in [-0.4, -0.2) is 46.7 Å². The highest BCUT2D eigenvalue weighted by Gasteiger charge is 2.09. The highest BCUT2D eigenvalue weighted by molar-refractivity contribution is 8.00. The van der Waals surface area contributed by atoms with E-state index in [-0.39, 0.29) is 24.0 Å². The molecule has 0 aliphatic rings. The Balaban J connectivity index is 3.68. The van der Waals surface area contributed by atoms with Crippen LogP contribution in [0.4, 0.5) is 0 Å². The van der Waals surface area contributed by atoms with Gasteiger partial charge in [0.2, 0.25) is 5.91 Å². The Morgan fingerprint density at radius 1 is 1.29 bits per heavy atom. The van der Waals surface area contributed by atoms with Crippen LogP contribution in [0.25, 0.3) is 0 Å². The van der Waals surface area contributed by atoms with Gasteiger partial charge < -0.3 is 15.5 Å². The van der Waals surface area contributed by atoms with E-state index in [9.17, 15) is 9.59 Å². The SMILES string of the molecule is CCCC(CCO)CNC(=O)CSCC(=O)O. The van der Waals surface area contributed by atoms with Crippen molar-refractivity contribution in [2.45, 2.75) is 26.2 Å². The maximum Gasteiger partial charge on any atom is 0.313 e. The summed E-state index contributed by atoms with van der Waals surface area (Å²) < 4.78 is 0. The van der Waals surface area contributed by atoms with Crippen LogP contribution in [0.5, 0.6) is 0 Å². The number of rotatable bonds is 10. The maximum atomic E-state index is 11.4. The van der Waals surface area contributed by atoms with Gasteiger partial charge in [0.25, 0.3) is 0 Å². The van der Waals surface area contributed by atoms with Crippen molar-refractivity contribution in [2.75, 3.05) is 24.7 Å². The lowest BCUT2D eigenvalue weighted by Gasteiger charge is -2.15. The molecule has 6 heteroatoms. The molecule has 1 unspecified atom stereocenters. The number of carboxylic acids is 1. The number of amides is 1. The molecule has 5 nitrogen and oxygen atoms in total. The molecule has 100 valence electrons. The van der Waals surface area contributed by atoms with Gasteiger partial charge >= 0.3 is 5.97 Å². The fraction of sp³-hybridized carbons (Fsp3) is 0.818. The van der Waals surface area contributed by atoms with Crippen LogP contribution in [0.3, 0.4) is 0 Å². The van der Waals surface area contributed by atoms with Crippen molar-refractivity contribution >= 4 is 23.6 Å². The quantitative estimate of drug-likeness (QED) is 0.540. The molecule has 17 heavy (non-hydrogen) atoms. The first-order chi connectivity index (χ1) is 8.10. The standard InChI is InChI=1S/C11H21NO4S/c1-2-3-9(4-5-13)6-12-10(14)7-17-8-11(15)16/h9,13H,2-8H2,1H3,(H,12,14)(H,15,16). The summed E-state index contributed by atoms with van der Waals surface area (Å²) in [5.41, 5.74) is 0. The average Bonchev–Trinajstić information content (AvgIpc) is 2.26. The van der Waals surface area contributed by atoms with Crippen LogP contribution < -0.4 is 5.32 Å². The van der Waals surface area contributed by atoms with Gasteiger partial charge in [0.1, 0.15) is 0 Å². The molecule has 0 aromatic heterocycles. The molecule has 0 heterocycles. The molecule has 0 rings (SSSR count). The van der Waals surface area contributed by atoms with Gasteiger partial charge in [0.05, 0.1) is 11.5 Å². The van der Waals surface area contributed by atoms with Crippen molar-refractivity contribution in [1.29, 1.82) is 0 Å². The van der Waals surface area contributed by atoms with Crippen LogP contribution in [0.1, 0.15) is 26.2 Å². The summed E-state index contributed by atoms with van der Waals surface area (Å²) in [6.45, 7) is 2.75. The highest BCUT2D eigenvalue weighted by atomic mass is 32.2. The molecule has 0 radical (unpaired) electrons. The molecule has 0 saturated heterocycles. The fourth-order valence-electron chi connectivity index (χ4n) is 1.48. The molecule has 0 spiro atoms. The third-order valence-electron chi connectivity index (χ3n) is 2.28. The first-order valence-electron chi connectivity index (χ1n) is 5.77. The summed E-state index contributed by atoms with van der Waals surface area (Å²) in [6, 6.07) is 0. The van der Waals surface area contributed by atoms with Crippen molar-refractivity contribution in [3.63, 3.8) is 0 Å². The minimum Gasteiger partial charge on any atom is -0.481 e. The molecule has 0 saturated carbocycles. The van der Waals surface area contributed by atoms with E-state index in [1.165, 1.54) is 0 Å². The van der Waals surface area contributed by atoms with E-state index in [1.807, 2.05) is 0 Å². The van der Waals surface area contributed by atoms with Crippen molar-refractivity contribution in [2.24, 2.45) is 5.92 Å². The van der Waals surface area contributed by atoms with Gasteiger partial charge in [-0.2, -0.15) is 0 Å². The van der Waals surface area contributed by atoms with Crippen LogP contribution in [0.2, 0.25) is 0 Å². The summed E-state index contributed by atoms with van der Waals surface area (Å²) in [7, 11) is 0. The molecule has 0 aromatic carbocycles. The summed E-state index contributed by atoms with van der Waals surface area (Å²) in [6.07, 6.45) is 2.69. The Bertz CT molecular complexity index is 230. The average molecular weight is 263 g/mol. The number of carbonyl (C=O) groups excluding carboxylic acids is 1. The number of thioether (sulfide) groups is 1. The fourth-order valence-corrected chi connectivity index (χ4v) is 2.04. The molecule has 0 bridgehead atoms. The monoisotopic (exact) mass is 263 g/mol. The first-order valence-corrected chi connectivity index (χ1v) is 6.92. The smallest absolute Gasteiger partial charge is 0.313 e. The number of aliphatic hydroxyl groups is 1. The Morgan fingerprint density at radius 3 is 2.53 bits per heavy atom. The predicted octanol–water partition coefficient (Wildman–Crippen LogP) is 0.719. The van der Waals surface area contributed by atoms with Crippen LogP contribution in [0, 0.1) is 5.92 Å². The highest BCUT2D eigenvalue weighted by Crippen LogP contribution is 2.09. The molecule has 1 amide bonds. The number of aliphatic carboxylic acids is 1. The second-order valence-corrected chi connectivity index (χ2v) is 4.84. The minimum atomic E-state index is -0.910. The molecule has 0 aliphatic carbocycles. The first kappa shape index (κ1) is 16.2. The molecule has 3 N–H and O–H groups in total. The minimum absolute atomic E-state index is 0.0531. The number of aliphatic hydroxyl groups excluding tert-OH is 1. The Kier molecular flexibility index (Phi) is 9.95. The van der Waals surface area contributed by atoms with Gasteiger partial charge in [-0.1, -0.05) is 13.3 Å². The van der Waals surface area contributed by atoms with Crippen LogP contribution >= 0.6 is 11.8 Å². The lowest BCUT2D eigenvalue weighted by molar-refractivity contribution is -0.133. The van der Waals surface area contributed by atoms with E-state index in [0.717, 1.165) is 24.6 Å². The number of hydrogen-bond acceptors (Lipinski definition) is 4. The van der Waals surface area contributed by atoms with Crippen molar-refractivity contribution in [1.82, 2.24) is 5.32 Å². The Morgan fingerprint density at radius 2 is 2.00 bits per heavy atom. The van der Waals surface area contributed by atoms with Gasteiger partial charge in [-0.05, 0) is 18.8 Å². The van der Waals surface area contributed by atoms with E-state index < -0.39 is 5.97 Å². The molecule has 0 fully saturated rings. The molecular formula is C11H21NO4S. The second-order valence-electron chi connectivity index (χ2n) is 3.86. The topological polar surface area (TPSA) is 86.6 Å². The zero-order valence-electron chi connectivity index (χ0n) is 10.1. The molecule has 1 atom stereocenters. The maximum absolute atomic E-state index is 11.4. The Labute approximate surface area is 106 Å². The van der Waals surface area contributed by atoms with Crippen molar-refractivity contribution < 1.29 is 19.8 Å². The largest absolute Gasteiger partial charge is 0.481 e. The van der Waals surface area contributed by atoms with E-state index in [1.54, 1.807) is 0 Å². The predicted molar refractivity (Wildman–Crippen MR) is 68.1 cm³/mol. The number of hydrogen-bond donors (Lipinski definition) is 3. The number of carbonyl (C=O) groups is 2. The summed E-state index contributed by atoms with van der Waals surface area (Å²) in [4.78, 5) is 21.6. The summed E-state index contributed by atoms with van der Waals surface area (Å²) in [5.74, 6) is -0.632. The number of carboxylic acid groups (broad SMARTS) is 1. The number of nitrogens with one attached hydrogen (secondary N) is 1. The van der Waals surface area contributed by atoms with Crippen molar-refractivity contribution in [3.05, 3.63) is 0 Å². The zero-order valence-corrected chi connectivity index (χ0v) is 11.0. The van der Waals surface area contributed by atoms with Gasteiger partial charge in [-0.3, -0.25) is 9.59 Å². The lowest BCUT2D eigenvalue weighted by Crippen LogP contribution is -2.31. The van der Waals surface area contributed by atoms with E-state index in [2.05, 4.69) is 12.2 Å². The second kappa shape index (κ2) is 10.4. The van der Waals surface area contributed by atoms with Crippen molar-refractivity contribution in [3.8, 4) is 0 Å². The third kappa shape index (κ3) is 10.1. The van der Waals surface area contributed by atoms with Crippen LogP contribution in [0.15, 0.2) is 0 Å². The zero-order chi connectivity index (χ0) is 13.1. The van der Waals surface area contributed by atoms with Gasteiger partial charge in [-0.25, -0.2) is 0 Å². The van der Waals surface area contributed by atoms with Gasteiger partial charge in [-0.15, -0.1) is 11.8 Å².